The molecular weight excluding hydrogens is 929 g/mol. The lowest BCUT2D eigenvalue weighted by molar-refractivity contribution is -0.175. The van der Waals surface area contributed by atoms with Crippen molar-refractivity contribution in [3.8, 4) is 29.1 Å². The fraction of sp³-hybridized carbons (Fsp3) is 0.603. The lowest BCUT2D eigenvalue weighted by Gasteiger charge is -2.63. The number of nitrogens with one attached hydrogen (secondary N) is 4. The molecule has 2 amide bonds. The SMILES string of the molecule is CC(C)c1ccc(Oc2cccc(OCCC3CCN(C4NCC(C(=O)NC5C(C)(C)C(Oc6ccc(C#N)c(Cl)c6)C5(C)C)C(C(C)CCCC5CC5)N4)CC3)c2F)c(C2=CN(C)C(=O)C3NCCC23)c1. The minimum Gasteiger partial charge on any atom is -0.490 e. The number of hydrogen-bond donors (Lipinski definition) is 4. The van der Waals surface area contributed by atoms with Crippen LogP contribution in [0.2, 0.25) is 5.02 Å². The molecule has 4 N–H and O–H groups in total. The zero-order valence-corrected chi connectivity index (χ0v) is 44.4. The van der Waals surface area contributed by atoms with Crippen molar-refractivity contribution in [3.05, 3.63) is 88.3 Å². The number of fused-ring (bicyclic) bond motifs is 1. The van der Waals surface area contributed by atoms with Gasteiger partial charge in [-0.1, -0.05) is 97.9 Å². The minimum absolute atomic E-state index is 0.00928. The fourth-order valence-electron chi connectivity index (χ4n) is 12.9. The van der Waals surface area contributed by atoms with Gasteiger partial charge in [0.05, 0.1) is 29.2 Å². The first-order valence-corrected chi connectivity index (χ1v) is 27.2. The third-order valence-electron chi connectivity index (χ3n) is 17.2. The number of likely N-dealkylation sites (N-methyl/N-ethyl adjacent to an activating group) is 1. The van der Waals surface area contributed by atoms with E-state index in [4.69, 9.17) is 25.8 Å². The second kappa shape index (κ2) is 21.6. The van der Waals surface area contributed by atoms with Crippen LogP contribution in [0.4, 0.5) is 4.39 Å². The summed E-state index contributed by atoms with van der Waals surface area (Å²) in [4.78, 5) is 31.7. The van der Waals surface area contributed by atoms with Crippen LogP contribution in [0.1, 0.15) is 129 Å². The molecule has 4 aliphatic heterocycles. The van der Waals surface area contributed by atoms with Gasteiger partial charge in [-0.05, 0) is 110 Å². The molecule has 72 heavy (non-hydrogen) atoms. The number of likely N-dealkylation sites (tertiary alicyclic amines) is 1. The van der Waals surface area contributed by atoms with Crippen LogP contribution in [0.25, 0.3) is 5.57 Å². The van der Waals surface area contributed by atoms with Crippen LogP contribution < -0.4 is 35.5 Å². The topological polar surface area (TPSA) is 140 Å². The quantitative estimate of drug-likeness (QED) is 0.0974. The molecule has 3 aromatic carbocycles. The van der Waals surface area contributed by atoms with E-state index in [0.717, 1.165) is 74.4 Å². The van der Waals surface area contributed by atoms with Gasteiger partial charge in [-0.15, -0.1) is 0 Å². The minimum atomic E-state index is -0.530. The predicted molar refractivity (Wildman–Crippen MR) is 280 cm³/mol. The second-order valence-corrected chi connectivity index (χ2v) is 23.8. The zero-order valence-electron chi connectivity index (χ0n) is 43.7. The first-order chi connectivity index (χ1) is 34.4. The Bertz CT molecular complexity index is 2520. The second-order valence-electron chi connectivity index (χ2n) is 23.4. The lowest BCUT2D eigenvalue weighted by Crippen LogP contribution is -2.76. The summed E-state index contributed by atoms with van der Waals surface area (Å²) in [6.07, 6.45) is 11.6. The first-order valence-electron chi connectivity index (χ1n) is 26.8. The van der Waals surface area contributed by atoms with Crippen LogP contribution in [-0.2, 0) is 9.59 Å². The van der Waals surface area contributed by atoms with E-state index in [-0.39, 0.29) is 82.4 Å². The maximum atomic E-state index is 16.2. The summed E-state index contributed by atoms with van der Waals surface area (Å²) >= 11 is 6.36. The van der Waals surface area contributed by atoms with E-state index in [9.17, 15) is 14.9 Å². The number of nitrogens with zero attached hydrogens (tertiary/aromatic N) is 3. The Kier molecular flexibility index (Phi) is 15.7. The Hall–Kier alpha value is -4.71. The van der Waals surface area contributed by atoms with Crippen LogP contribution in [0.5, 0.6) is 23.0 Å². The summed E-state index contributed by atoms with van der Waals surface area (Å²) in [7, 11) is 1.79. The van der Waals surface area contributed by atoms with Gasteiger partial charge in [0.2, 0.25) is 17.6 Å². The highest BCUT2D eigenvalue weighted by atomic mass is 35.5. The number of carbonyl (C=O) groups is 2. The number of carbonyl (C=O) groups excluding carboxylic acids is 2. The lowest BCUT2D eigenvalue weighted by atomic mass is 9.49. The Morgan fingerprint density at radius 2 is 1.68 bits per heavy atom. The monoisotopic (exact) mass is 1010 g/mol. The summed E-state index contributed by atoms with van der Waals surface area (Å²) in [5.74, 6) is 2.70. The van der Waals surface area contributed by atoms with Crippen molar-refractivity contribution in [2.45, 2.75) is 143 Å². The van der Waals surface area contributed by atoms with Crippen LogP contribution in [0.15, 0.2) is 60.8 Å². The zero-order chi connectivity index (χ0) is 51.1. The van der Waals surface area contributed by atoms with Gasteiger partial charge in [0, 0.05) is 73.3 Å². The van der Waals surface area contributed by atoms with Gasteiger partial charge < -0.3 is 29.7 Å². The van der Waals surface area contributed by atoms with Crippen molar-refractivity contribution in [3.63, 3.8) is 0 Å². The van der Waals surface area contributed by atoms with Gasteiger partial charge in [0.1, 0.15) is 30.0 Å². The number of nitriles is 1. The van der Waals surface area contributed by atoms with Crippen LogP contribution in [-0.4, -0.2) is 92.0 Å². The molecule has 6 unspecified atom stereocenters. The van der Waals surface area contributed by atoms with Gasteiger partial charge >= 0.3 is 0 Å². The molecule has 0 bridgehead atoms. The third kappa shape index (κ3) is 10.9. The van der Waals surface area contributed by atoms with Gasteiger partial charge in [-0.3, -0.25) is 25.1 Å². The largest absolute Gasteiger partial charge is 0.490 e. The Balaban J connectivity index is 0.792. The van der Waals surface area contributed by atoms with Crippen molar-refractivity contribution in [2.24, 2.45) is 40.4 Å². The van der Waals surface area contributed by atoms with E-state index in [0.29, 0.717) is 47.1 Å². The van der Waals surface area contributed by atoms with Gasteiger partial charge in [0.25, 0.3) is 0 Å². The van der Waals surface area contributed by atoms with Crippen molar-refractivity contribution < 1.29 is 28.2 Å². The maximum Gasteiger partial charge on any atom is 0.244 e. The molecule has 6 atom stereocenters. The molecule has 388 valence electrons. The molecule has 0 spiro atoms. The maximum absolute atomic E-state index is 16.2. The standard InChI is InChI=1S/C58H77ClFN7O5/c1-34(2)38-18-20-46(42(29-38)44-33-66(8)53(69)51-41(44)21-25-62-51)72-48-14-10-13-47(49(48)60)70-28-24-37-22-26-67(27-23-37)56-63-32-43(50(64-56)35(3)11-9-12-36-15-16-36)52(68)65-54-57(4,5)55(58(54,6)7)71-40-19-17-39(31-61)45(59)30-40/h10,13-14,17-20,29-30,33-37,41,43,50-51,54-56,62-64H,9,11-12,15-16,21-28,32H2,1-8H3,(H,65,68). The van der Waals surface area contributed by atoms with E-state index in [1.54, 1.807) is 48.3 Å². The van der Waals surface area contributed by atoms with E-state index in [1.807, 2.05) is 18.3 Å². The molecule has 2 aliphatic carbocycles. The van der Waals surface area contributed by atoms with E-state index in [2.05, 4.69) is 86.8 Å². The fourth-order valence-corrected chi connectivity index (χ4v) is 13.2. The molecule has 3 aromatic rings. The molecule has 4 heterocycles. The highest BCUT2D eigenvalue weighted by molar-refractivity contribution is 6.31. The summed E-state index contributed by atoms with van der Waals surface area (Å²) in [5, 5.41) is 24.3. The molecule has 12 nitrogen and oxygen atoms in total. The molecule has 0 aromatic heterocycles. The molecule has 0 radical (unpaired) electrons. The van der Waals surface area contributed by atoms with Crippen molar-refractivity contribution >= 4 is 29.0 Å². The number of hydrogen-bond acceptors (Lipinski definition) is 10. The average Bonchev–Trinajstić information content (AvgIpc) is 4.06. The molecule has 9 rings (SSSR count). The van der Waals surface area contributed by atoms with Crippen LogP contribution in [0.3, 0.4) is 0 Å². The molecule has 3 saturated heterocycles. The summed E-state index contributed by atoms with van der Waals surface area (Å²) in [6.45, 7) is 18.8. The smallest absolute Gasteiger partial charge is 0.244 e. The van der Waals surface area contributed by atoms with Crippen LogP contribution in [0, 0.1) is 57.6 Å². The van der Waals surface area contributed by atoms with Crippen molar-refractivity contribution in [1.82, 2.24) is 31.1 Å². The predicted octanol–water partition coefficient (Wildman–Crippen LogP) is 10.2. The van der Waals surface area contributed by atoms with Crippen molar-refractivity contribution in [1.29, 1.82) is 5.26 Å². The van der Waals surface area contributed by atoms with Gasteiger partial charge in [-0.2, -0.15) is 9.65 Å². The number of amides is 2. The number of ether oxygens (including phenoxy) is 3. The Labute approximate surface area is 432 Å². The summed E-state index contributed by atoms with van der Waals surface area (Å²) in [6, 6.07) is 18.1. The third-order valence-corrected chi connectivity index (χ3v) is 17.5. The number of rotatable bonds is 18. The molecule has 14 heteroatoms. The summed E-state index contributed by atoms with van der Waals surface area (Å²) in [5.41, 5.74) is 2.73. The van der Waals surface area contributed by atoms with E-state index < -0.39 is 5.82 Å². The highest BCUT2D eigenvalue weighted by Crippen LogP contribution is 2.56. The van der Waals surface area contributed by atoms with Gasteiger partial charge in [-0.25, -0.2) is 0 Å². The average molecular weight is 1010 g/mol. The van der Waals surface area contributed by atoms with Crippen molar-refractivity contribution in [2.75, 3.05) is 39.8 Å². The molecule has 2 saturated carbocycles. The van der Waals surface area contributed by atoms with E-state index >= 15 is 4.39 Å². The molecule has 5 fully saturated rings. The normalized spacial score (nSPS) is 27.6. The van der Waals surface area contributed by atoms with E-state index in [1.165, 1.54) is 25.7 Å². The number of piperidine rings is 1. The molecular formula is C58H77ClFN7O5. The Morgan fingerprint density at radius 1 is 0.944 bits per heavy atom. The first kappa shape index (κ1) is 52.2. The Morgan fingerprint density at radius 3 is 2.39 bits per heavy atom. The summed E-state index contributed by atoms with van der Waals surface area (Å²) < 4.78 is 35.4. The molecule has 6 aliphatic rings. The van der Waals surface area contributed by atoms with Gasteiger partial charge in [0.15, 0.2) is 11.5 Å². The van der Waals surface area contributed by atoms with Crippen LogP contribution >= 0.6 is 11.6 Å². The number of benzene rings is 3. The highest BCUT2D eigenvalue weighted by Gasteiger charge is 2.64. The number of halogens is 2.